The Balaban J connectivity index is 1.38. The highest BCUT2D eigenvalue weighted by atomic mass is 79.9. The molecule has 0 saturated heterocycles. The molecule has 35 heavy (non-hydrogen) atoms. The summed E-state index contributed by atoms with van der Waals surface area (Å²) in [5.41, 5.74) is 3.96. The van der Waals surface area contributed by atoms with Crippen molar-refractivity contribution < 1.29 is 9.53 Å². The van der Waals surface area contributed by atoms with Crippen molar-refractivity contribution in [3.05, 3.63) is 94.2 Å². The summed E-state index contributed by atoms with van der Waals surface area (Å²) in [6.07, 6.45) is 1.88. The smallest absolute Gasteiger partial charge is 0.251 e. The van der Waals surface area contributed by atoms with Crippen molar-refractivity contribution in [2.24, 2.45) is 0 Å². The summed E-state index contributed by atoms with van der Waals surface area (Å²) in [6.45, 7) is 7.84. The van der Waals surface area contributed by atoms with Crippen molar-refractivity contribution in [2.45, 2.75) is 52.1 Å². The lowest BCUT2D eigenvalue weighted by Crippen LogP contribution is -2.28. The van der Waals surface area contributed by atoms with Crippen LogP contribution in [0.1, 0.15) is 67.3 Å². The number of para-hydroxylation sites is 2. The molecule has 1 amide bonds. The Morgan fingerprint density at radius 3 is 2.40 bits per heavy atom. The standard InChI is InChI=1S/C29H32BrN3O2/c1-20(2)22-12-16-25(17-13-22)35-19-7-6-18-33-27-9-5-4-8-26(27)32-28(33)21(3)31-29(34)23-10-14-24(30)15-11-23/h4-5,8-17,20-21H,6-7,18-19H2,1-3H3,(H,31,34). The van der Waals surface area contributed by atoms with Crippen LogP contribution in [0.3, 0.4) is 0 Å². The number of imidazole rings is 1. The molecule has 182 valence electrons. The molecular formula is C29H32BrN3O2. The maximum atomic E-state index is 12.8. The lowest BCUT2D eigenvalue weighted by molar-refractivity contribution is 0.0937. The normalized spacial score (nSPS) is 12.1. The van der Waals surface area contributed by atoms with Crippen molar-refractivity contribution in [2.75, 3.05) is 6.61 Å². The van der Waals surface area contributed by atoms with Crippen LogP contribution in [-0.2, 0) is 6.54 Å². The Kier molecular flexibility index (Phi) is 8.24. The van der Waals surface area contributed by atoms with Crippen LogP contribution in [0.15, 0.2) is 77.3 Å². The topological polar surface area (TPSA) is 56.1 Å². The summed E-state index contributed by atoms with van der Waals surface area (Å²) in [6, 6.07) is 23.6. The number of unbranched alkanes of at least 4 members (excludes halogenated alkanes) is 1. The van der Waals surface area contributed by atoms with Crippen molar-refractivity contribution in [1.29, 1.82) is 0 Å². The molecule has 0 spiro atoms. The van der Waals surface area contributed by atoms with E-state index in [1.54, 1.807) is 0 Å². The van der Waals surface area contributed by atoms with E-state index in [1.807, 2.05) is 61.5 Å². The number of aryl methyl sites for hydroxylation is 1. The molecule has 4 rings (SSSR count). The highest BCUT2D eigenvalue weighted by Gasteiger charge is 2.19. The number of carbonyl (C=O) groups excluding carboxylic acids is 1. The molecule has 6 heteroatoms. The maximum absolute atomic E-state index is 12.8. The van der Waals surface area contributed by atoms with Crippen LogP contribution >= 0.6 is 15.9 Å². The van der Waals surface area contributed by atoms with Crippen molar-refractivity contribution in [1.82, 2.24) is 14.9 Å². The molecule has 1 atom stereocenters. The van der Waals surface area contributed by atoms with Gasteiger partial charge in [-0.1, -0.05) is 54.0 Å². The molecular weight excluding hydrogens is 502 g/mol. The van der Waals surface area contributed by atoms with Gasteiger partial charge >= 0.3 is 0 Å². The van der Waals surface area contributed by atoms with E-state index in [-0.39, 0.29) is 11.9 Å². The second-order valence-electron chi connectivity index (χ2n) is 9.09. The second-order valence-corrected chi connectivity index (χ2v) is 10.0. The number of carbonyl (C=O) groups is 1. The number of nitrogens with one attached hydrogen (secondary N) is 1. The molecule has 0 aliphatic carbocycles. The zero-order chi connectivity index (χ0) is 24.8. The second kappa shape index (κ2) is 11.5. The molecule has 0 radical (unpaired) electrons. The first-order valence-corrected chi connectivity index (χ1v) is 13.0. The highest BCUT2D eigenvalue weighted by molar-refractivity contribution is 9.10. The summed E-state index contributed by atoms with van der Waals surface area (Å²) in [4.78, 5) is 17.6. The Hall–Kier alpha value is -3.12. The van der Waals surface area contributed by atoms with Gasteiger partial charge in [-0.3, -0.25) is 4.79 Å². The average molecular weight is 534 g/mol. The third kappa shape index (κ3) is 6.31. The zero-order valence-corrected chi connectivity index (χ0v) is 22.1. The van der Waals surface area contributed by atoms with Gasteiger partial charge in [-0.05, 0) is 79.8 Å². The minimum atomic E-state index is -0.228. The Labute approximate surface area is 215 Å². The molecule has 4 aromatic rings. The lowest BCUT2D eigenvalue weighted by atomic mass is 10.0. The van der Waals surface area contributed by atoms with Gasteiger partial charge < -0.3 is 14.6 Å². The van der Waals surface area contributed by atoms with Gasteiger partial charge in [0.05, 0.1) is 23.7 Å². The third-order valence-corrected chi connectivity index (χ3v) is 6.65. The number of amides is 1. The monoisotopic (exact) mass is 533 g/mol. The fourth-order valence-electron chi connectivity index (χ4n) is 4.12. The molecule has 0 bridgehead atoms. The fourth-order valence-corrected chi connectivity index (χ4v) is 4.38. The van der Waals surface area contributed by atoms with Gasteiger partial charge in [-0.2, -0.15) is 0 Å². The van der Waals surface area contributed by atoms with E-state index in [0.29, 0.717) is 18.1 Å². The Morgan fingerprint density at radius 2 is 1.69 bits per heavy atom. The lowest BCUT2D eigenvalue weighted by Gasteiger charge is -2.17. The Morgan fingerprint density at radius 1 is 0.971 bits per heavy atom. The van der Waals surface area contributed by atoms with E-state index in [2.05, 4.69) is 57.9 Å². The van der Waals surface area contributed by atoms with Crippen LogP contribution in [0.4, 0.5) is 0 Å². The molecule has 3 aromatic carbocycles. The van der Waals surface area contributed by atoms with Crippen LogP contribution in [0, 0.1) is 0 Å². The summed E-state index contributed by atoms with van der Waals surface area (Å²) < 4.78 is 9.12. The number of hydrogen-bond donors (Lipinski definition) is 1. The first kappa shape index (κ1) is 25.0. The molecule has 0 aliphatic heterocycles. The molecule has 1 aromatic heterocycles. The van der Waals surface area contributed by atoms with E-state index in [1.165, 1.54) is 5.56 Å². The summed E-state index contributed by atoms with van der Waals surface area (Å²) in [5.74, 6) is 2.18. The van der Waals surface area contributed by atoms with Crippen LogP contribution < -0.4 is 10.1 Å². The van der Waals surface area contributed by atoms with Crippen molar-refractivity contribution in [3.8, 4) is 5.75 Å². The van der Waals surface area contributed by atoms with E-state index in [0.717, 1.165) is 46.5 Å². The number of benzene rings is 3. The third-order valence-electron chi connectivity index (χ3n) is 6.12. The summed E-state index contributed by atoms with van der Waals surface area (Å²) >= 11 is 3.41. The summed E-state index contributed by atoms with van der Waals surface area (Å²) in [5, 5.41) is 3.11. The van der Waals surface area contributed by atoms with Gasteiger partial charge in [-0.15, -0.1) is 0 Å². The predicted octanol–water partition coefficient (Wildman–Crippen LogP) is 7.27. The molecule has 0 saturated carbocycles. The number of rotatable bonds is 10. The molecule has 1 unspecified atom stereocenters. The quantitative estimate of drug-likeness (QED) is 0.218. The van der Waals surface area contributed by atoms with Crippen molar-refractivity contribution in [3.63, 3.8) is 0 Å². The van der Waals surface area contributed by atoms with Crippen molar-refractivity contribution >= 4 is 32.9 Å². The van der Waals surface area contributed by atoms with Crippen LogP contribution in [0.2, 0.25) is 0 Å². The van der Waals surface area contributed by atoms with E-state index < -0.39 is 0 Å². The minimum Gasteiger partial charge on any atom is -0.494 e. The minimum absolute atomic E-state index is 0.111. The molecule has 1 heterocycles. The average Bonchev–Trinajstić information content (AvgIpc) is 3.23. The van der Waals surface area contributed by atoms with Gasteiger partial charge in [0, 0.05) is 16.6 Å². The van der Waals surface area contributed by atoms with Crippen LogP contribution in [0.25, 0.3) is 11.0 Å². The first-order valence-electron chi connectivity index (χ1n) is 12.2. The highest BCUT2D eigenvalue weighted by Crippen LogP contribution is 2.23. The number of hydrogen-bond acceptors (Lipinski definition) is 3. The number of fused-ring (bicyclic) bond motifs is 1. The number of halogens is 1. The van der Waals surface area contributed by atoms with Gasteiger partial charge in [0.1, 0.15) is 11.6 Å². The van der Waals surface area contributed by atoms with Gasteiger partial charge in [0.15, 0.2) is 0 Å². The van der Waals surface area contributed by atoms with E-state index in [4.69, 9.17) is 9.72 Å². The first-order chi connectivity index (χ1) is 16.9. The largest absolute Gasteiger partial charge is 0.494 e. The maximum Gasteiger partial charge on any atom is 0.251 e. The molecule has 5 nitrogen and oxygen atoms in total. The number of nitrogens with zero attached hydrogens (tertiary/aromatic N) is 2. The summed E-state index contributed by atoms with van der Waals surface area (Å²) in [7, 11) is 0. The number of aromatic nitrogens is 2. The fraction of sp³-hybridized carbons (Fsp3) is 0.310. The molecule has 0 aliphatic rings. The predicted molar refractivity (Wildman–Crippen MR) is 145 cm³/mol. The molecule has 0 fully saturated rings. The van der Waals surface area contributed by atoms with Crippen LogP contribution in [0.5, 0.6) is 5.75 Å². The van der Waals surface area contributed by atoms with Crippen LogP contribution in [-0.4, -0.2) is 22.1 Å². The van der Waals surface area contributed by atoms with Gasteiger partial charge in [0.2, 0.25) is 0 Å². The van der Waals surface area contributed by atoms with Gasteiger partial charge in [-0.25, -0.2) is 4.98 Å². The number of ether oxygens (including phenoxy) is 1. The van der Waals surface area contributed by atoms with E-state index >= 15 is 0 Å². The zero-order valence-electron chi connectivity index (χ0n) is 20.5. The Bertz CT molecular complexity index is 1260. The molecule has 1 N–H and O–H groups in total. The van der Waals surface area contributed by atoms with Gasteiger partial charge in [0.25, 0.3) is 5.91 Å². The SMILES string of the molecule is CC(C)c1ccc(OCCCCn2c(C(C)NC(=O)c3ccc(Br)cc3)nc3ccccc32)cc1. The van der Waals surface area contributed by atoms with E-state index in [9.17, 15) is 4.79 Å².